The van der Waals surface area contributed by atoms with Crippen LogP contribution in [0, 0.1) is 11.8 Å². The van der Waals surface area contributed by atoms with Crippen LogP contribution in [-0.4, -0.2) is 11.2 Å². The smallest absolute Gasteiger partial charge is 0.225 e. The molecule has 0 radical (unpaired) electrons. The van der Waals surface area contributed by atoms with E-state index in [0.717, 1.165) is 0 Å². The second-order valence-electron chi connectivity index (χ2n) is 2.07. The Hall–Kier alpha value is -0.570. The van der Waals surface area contributed by atoms with Gasteiger partial charge in [0, 0.05) is 17.8 Å². The molecule has 0 saturated heterocycles. The van der Waals surface area contributed by atoms with Crippen molar-refractivity contribution >= 4 is 22.8 Å². The van der Waals surface area contributed by atoms with Crippen molar-refractivity contribution in [3.8, 4) is 0 Å². The van der Waals surface area contributed by atoms with E-state index in [1.807, 2.05) is 0 Å². The molecule has 9 heavy (non-hydrogen) atoms. The fraction of sp³-hybridized carbons (Fsp3) is 0.600. The van der Waals surface area contributed by atoms with Gasteiger partial charge in [0.15, 0.2) is 0 Å². The zero-order valence-electron chi connectivity index (χ0n) is 4.46. The van der Waals surface area contributed by atoms with Gasteiger partial charge >= 0.3 is 0 Å². The Balaban J connectivity index is 2.42. The van der Waals surface area contributed by atoms with Gasteiger partial charge in [0.05, 0.1) is 0 Å². The lowest BCUT2D eigenvalue weighted by atomic mass is 10.3. The molecule has 0 spiro atoms. The molecule has 1 rings (SSSR count). The highest BCUT2D eigenvalue weighted by Gasteiger charge is 2.42. The Morgan fingerprint density at radius 3 is 2.11 bits per heavy atom. The number of carbonyl (C=O) groups excluding carboxylic acids is 2. The summed E-state index contributed by atoms with van der Waals surface area (Å²) >= 11 is 4.98. The van der Waals surface area contributed by atoms with E-state index in [1.54, 1.807) is 0 Å². The first-order valence-corrected chi connectivity index (χ1v) is 2.91. The van der Waals surface area contributed by atoms with Crippen LogP contribution >= 0.6 is 11.6 Å². The maximum Gasteiger partial charge on any atom is 0.225 e. The van der Waals surface area contributed by atoms with Crippen molar-refractivity contribution in [3.63, 3.8) is 0 Å². The molecule has 0 amide bonds. The summed E-state index contributed by atoms with van der Waals surface area (Å²) in [6.07, 6.45) is 0.352. The predicted molar refractivity (Wildman–Crippen MR) is 27.5 cm³/mol. The molecular weight excluding hydrogens is 144 g/mol. The van der Waals surface area contributed by atoms with Gasteiger partial charge in [-0.3, -0.25) is 4.79 Å². The fourth-order valence-electron chi connectivity index (χ4n) is 0.706. The number of carboxylic acid groups (broad SMARTS) is 1. The van der Waals surface area contributed by atoms with Crippen molar-refractivity contribution in [2.45, 2.75) is 6.42 Å². The van der Waals surface area contributed by atoms with Gasteiger partial charge in [0.2, 0.25) is 5.24 Å². The number of carbonyl (C=O) groups is 2. The first-order chi connectivity index (χ1) is 4.13. The molecule has 0 aromatic rings. The Kier molecular flexibility index (Phi) is 1.45. The third kappa shape index (κ3) is 1.21. The Morgan fingerprint density at radius 2 is 2.00 bits per heavy atom. The fourth-order valence-corrected chi connectivity index (χ4v) is 0.947. The third-order valence-electron chi connectivity index (χ3n) is 1.38. The lowest BCUT2D eigenvalue weighted by Crippen LogP contribution is -2.25. The number of carboxylic acids is 1. The molecule has 0 N–H and O–H groups in total. The minimum atomic E-state index is -1.17. The van der Waals surface area contributed by atoms with Crippen molar-refractivity contribution in [2.24, 2.45) is 11.8 Å². The van der Waals surface area contributed by atoms with Crippen molar-refractivity contribution in [2.75, 3.05) is 0 Å². The molecule has 3 nitrogen and oxygen atoms in total. The lowest BCUT2D eigenvalue weighted by molar-refractivity contribution is -0.308. The molecule has 0 aromatic heterocycles. The quantitative estimate of drug-likeness (QED) is 0.478. The summed E-state index contributed by atoms with van der Waals surface area (Å²) in [4.78, 5) is 20.1. The van der Waals surface area contributed by atoms with Gasteiger partial charge in [0.25, 0.3) is 0 Å². The van der Waals surface area contributed by atoms with Crippen LogP contribution in [0.4, 0.5) is 0 Å². The number of halogens is 1. The van der Waals surface area contributed by atoms with Crippen molar-refractivity contribution in [1.29, 1.82) is 0 Å². The standard InChI is InChI=1S/C5H5ClO3/c6-4(7)2-1-3(2)5(8)9/h2-3H,1H2,(H,8,9)/p-1/t2-,3-/m0/s1. The monoisotopic (exact) mass is 147 g/mol. The molecule has 0 heterocycles. The Bertz CT molecular complexity index is 148. The van der Waals surface area contributed by atoms with E-state index in [0.29, 0.717) is 6.42 Å². The van der Waals surface area contributed by atoms with Crippen LogP contribution in [-0.2, 0) is 9.59 Å². The second kappa shape index (κ2) is 1.99. The zero-order chi connectivity index (χ0) is 7.02. The first-order valence-electron chi connectivity index (χ1n) is 2.53. The van der Waals surface area contributed by atoms with Gasteiger partial charge in [-0.05, 0) is 18.0 Å². The molecule has 4 heteroatoms. The molecule has 1 aliphatic rings. The van der Waals surface area contributed by atoms with Gasteiger partial charge in [-0.15, -0.1) is 0 Å². The molecule has 1 aliphatic carbocycles. The largest absolute Gasteiger partial charge is 0.550 e. The van der Waals surface area contributed by atoms with Crippen LogP contribution in [0.5, 0.6) is 0 Å². The van der Waals surface area contributed by atoms with E-state index in [4.69, 9.17) is 11.6 Å². The minimum absolute atomic E-state index is 0.352. The number of hydrogen-bond donors (Lipinski definition) is 0. The van der Waals surface area contributed by atoms with Gasteiger partial charge in [-0.2, -0.15) is 0 Å². The minimum Gasteiger partial charge on any atom is -0.550 e. The normalized spacial score (nSPS) is 31.7. The second-order valence-corrected chi connectivity index (χ2v) is 2.44. The molecule has 0 bridgehead atoms. The molecule has 50 valence electrons. The van der Waals surface area contributed by atoms with Gasteiger partial charge < -0.3 is 9.90 Å². The van der Waals surface area contributed by atoms with E-state index >= 15 is 0 Å². The van der Waals surface area contributed by atoms with Crippen LogP contribution in [0.3, 0.4) is 0 Å². The van der Waals surface area contributed by atoms with Crippen LogP contribution in [0.25, 0.3) is 0 Å². The van der Waals surface area contributed by atoms with Crippen LogP contribution in [0.15, 0.2) is 0 Å². The van der Waals surface area contributed by atoms with Crippen molar-refractivity contribution in [1.82, 2.24) is 0 Å². The zero-order valence-corrected chi connectivity index (χ0v) is 5.22. The summed E-state index contributed by atoms with van der Waals surface area (Å²) in [6.45, 7) is 0. The maximum atomic E-state index is 10.2. The van der Waals surface area contributed by atoms with Gasteiger partial charge in [0.1, 0.15) is 0 Å². The third-order valence-corrected chi connectivity index (χ3v) is 1.67. The van der Waals surface area contributed by atoms with E-state index < -0.39 is 23.0 Å². The number of aliphatic carboxylic acids is 1. The summed E-state index contributed by atoms with van der Waals surface area (Å²) in [5, 5.41) is 9.39. The maximum absolute atomic E-state index is 10.2. The first kappa shape index (κ1) is 6.55. The highest BCUT2D eigenvalue weighted by molar-refractivity contribution is 6.64. The van der Waals surface area contributed by atoms with E-state index in [-0.39, 0.29) is 0 Å². The molecule has 0 aromatic carbocycles. The van der Waals surface area contributed by atoms with Crippen LogP contribution < -0.4 is 5.11 Å². The summed E-state index contributed by atoms with van der Waals surface area (Å²) < 4.78 is 0. The van der Waals surface area contributed by atoms with E-state index in [9.17, 15) is 14.7 Å². The average molecular weight is 148 g/mol. The van der Waals surface area contributed by atoms with Crippen LogP contribution in [0.2, 0.25) is 0 Å². The summed E-state index contributed by atoms with van der Waals surface area (Å²) in [5.41, 5.74) is 0. The number of rotatable bonds is 2. The number of hydrogen-bond acceptors (Lipinski definition) is 3. The Labute approximate surface area is 56.6 Å². The highest BCUT2D eigenvalue weighted by Crippen LogP contribution is 2.39. The van der Waals surface area contributed by atoms with Gasteiger partial charge in [-0.1, -0.05) is 0 Å². The molecule has 1 saturated carbocycles. The molecular formula is C5H4ClO3-. The summed E-state index contributed by atoms with van der Waals surface area (Å²) in [6, 6.07) is 0. The van der Waals surface area contributed by atoms with E-state index in [1.165, 1.54) is 0 Å². The van der Waals surface area contributed by atoms with Gasteiger partial charge in [-0.25, -0.2) is 0 Å². The summed E-state index contributed by atoms with van der Waals surface area (Å²) in [5.74, 6) is -2.26. The highest BCUT2D eigenvalue weighted by atomic mass is 35.5. The lowest BCUT2D eigenvalue weighted by Gasteiger charge is -1.94. The SMILES string of the molecule is O=C([O-])[C@H]1C[C@@H]1C(=O)Cl. The van der Waals surface area contributed by atoms with Crippen molar-refractivity contribution in [3.05, 3.63) is 0 Å². The molecule has 0 aliphatic heterocycles. The summed E-state index contributed by atoms with van der Waals surface area (Å²) in [7, 11) is 0. The van der Waals surface area contributed by atoms with Crippen molar-refractivity contribution < 1.29 is 14.7 Å². The van der Waals surface area contributed by atoms with Crippen LogP contribution in [0.1, 0.15) is 6.42 Å². The average Bonchev–Trinajstić information content (AvgIpc) is 2.39. The molecule has 0 unspecified atom stereocenters. The topological polar surface area (TPSA) is 57.2 Å². The predicted octanol–water partition coefficient (Wildman–Crippen LogP) is -0.862. The molecule has 1 fully saturated rings. The Morgan fingerprint density at radius 1 is 1.44 bits per heavy atom. The van der Waals surface area contributed by atoms with E-state index in [2.05, 4.69) is 0 Å². The molecule has 2 atom stereocenters.